The zero-order valence-corrected chi connectivity index (χ0v) is 10.1. The van der Waals surface area contributed by atoms with E-state index in [1.165, 1.54) is 0 Å². The predicted molar refractivity (Wildman–Crippen MR) is 64.3 cm³/mol. The van der Waals surface area contributed by atoms with Gasteiger partial charge in [-0.2, -0.15) is 5.26 Å². The molecule has 0 bridgehead atoms. The van der Waals surface area contributed by atoms with Crippen molar-refractivity contribution in [1.29, 1.82) is 5.26 Å². The quantitative estimate of drug-likeness (QED) is 0.722. The van der Waals surface area contributed by atoms with Gasteiger partial charge in [0, 0.05) is 5.56 Å². The predicted octanol–water partition coefficient (Wildman–Crippen LogP) is 3.43. The lowest BCUT2D eigenvalue weighted by molar-refractivity contribution is 0.0942. The fraction of sp³-hybridized carbons (Fsp3) is 0.429. The zero-order valence-electron chi connectivity index (χ0n) is 10.1. The summed E-state index contributed by atoms with van der Waals surface area (Å²) < 4.78 is 0. The summed E-state index contributed by atoms with van der Waals surface area (Å²) in [5.41, 5.74) is 2.64. The molecule has 0 spiro atoms. The van der Waals surface area contributed by atoms with Gasteiger partial charge in [0.05, 0.1) is 6.07 Å². The van der Waals surface area contributed by atoms with Gasteiger partial charge in [0.1, 0.15) is 5.92 Å². The minimum absolute atomic E-state index is 0.0278. The van der Waals surface area contributed by atoms with Crippen molar-refractivity contribution in [2.24, 2.45) is 5.92 Å². The summed E-state index contributed by atoms with van der Waals surface area (Å²) in [5, 5.41) is 9.00. The number of rotatable bonds is 4. The largest absolute Gasteiger partial charge is 0.293 e. The molecule has 0 fully saturated rings. The van der Waals surface area contributed by atoms with Crippen LogP contribution in [-0.2, 0) is 0 Å². The smallest absolute Gasteiger partial charge is 0.180 e. The van der Waals surface area contributed by atoms with Crippen LogP contribution < -0.4 is 0 Å². The molecule has 2 heteroatoms. The van der Waals surface area contributed by atoms with Crippen LogP contribution in [0.2, 0.25) is 0 Å². The van der Waals surface area contributed by atoms with Crippen molar-refractivity contribution in [3.63, 3.8) is 0 Å². The number of hydrogen-bond donors (Lipinski definition) is 0. The van der Waals surface area contributed by atoms with Gasteiger partial charge in [-0.15, -0.1) is 0 Å². The summed E-state index contributed by atoms with van der Waals surface area (Å²) in [6, 6.07) is 7.87. The Bertz CT molecular complexity index is 409. The van der Waals surface area contributed by atoms with Crippen LogP contribution in [0.15, 0.2) is 18.2 Å². The maximum Gasteiger partial charge on any atom is 0.180 e. The topological polar surface area (TPSA) is 40.9 Å². The normalized spacial score (nSPS) is 11.9. The molecule has 0 aliphatic heterocycles. The van der Waals surface area contributed by atoms with Crippen LogP contribution in [0, 0.1) is 31.1 Å². The minimum Gasteiger partial charge on any atom is -0.293 e. The van der Waals surface area contributed by atoms with Gasteiger partial charge in [-0.05, 0) is 31.4 Å². The van der Waals surface area contributed by atoms with Gasteiger partial charge < -0.3 is 0 Å². The van der Waals surface area contributed by atoms with Crippen molar-refractivity contribution in [3.8, 4) is 6.07 Å². The molecular weight excluding hydrogens is 198 g/mol. The molecule has 0 N–H and O–H groups in total. The number of carbonyl (C=O) groups excluding carboxylic acids is 1. The zero-order chi connectivity index (χ0) is 12.1. The first-order valence-electron chi connectivity index (χ1n) is 5.61. The highest BCUT2D eigenvalue weighted by atomic mass is 16.1. The summed E-state index contributed by atoms with van der Waals surface area (Å²) in [4.78, 5) is 12.2. The van der Waals surface area contributed by atoms with Gasteiger partial charge in [0.25, 0.3) is 0 Å². The van der Waals surface area contributed by atoms with E-state index in [4.69, 9.17) is 5.26 Å². The molecule has 1 atom stereocenters. The van der Waals surface area contributed by atoms with Gasteiger partial charge in [0.2, 0.25) is 0 Å². The second-order valence-corrected chi connectivity index (χ2v) is 4.10. The molecule has 0 amide bonds. The highest BCUT2D eigenvalue weighted by molar-refractivity contribution is 6.01. The number of nitrogens with zero attached hydrogens (tertiary/aromatic N) is 1. The number of Topliss-reactive ketones (excluding diaryl/α,β-unsaturated/α-hetero) is 1. The van der Waals surface area contributed by atoms with Crippen molar-refractivity contribution >= 4 is 5.78 Å². The molecule has 2 nitrogen and oxygen atoms in total. The van der Waals surface area contributed by atoms with Crippen LogP contribution in [0.1, 0.15) is 41.3 Å². The van der Waals surface area contributed by atoms with Crippen molar-refractivity contribution in [3.05, 3.63) is 34.9 Å². The number of aryl methyl sites for hydroxylation is 2. The molecule has 0 aliphatic carbocycles. The summed E-state index contributed by atoms with van der Waals surface area (Å²) in [5.74, 6) is -0.523. The lowest BCUT2D eigenvalue weighted by Crippen LogP contribution is -2.15. The van der Waals surface area contributed by atoms with Crippen LogP contribution in [0.5, 0.6) is 0 Å². The van der Waals surface area contributed by atoms with E-state index >= 15 is 0 Å². The SMILES string of the molecule is CCCC(C#N)C(=O)c1c(C)cccc1C. The lowest BCUT2D eigenvalue weighted by Gasteiger charge is -2.11. The highest BCUT2D eigenvalue weighted by Crippen LogP contribution is 2.20. The number of ketones is 1. The molecule has 1 aromatic carbocycles. The van der Waals surface area contributed by atoms with E-state index in [2.05, 4.69) is 6.07 Å². The van der Waals surface area contributed by atoms with Gasteiger partial charge in [-0.3, -0.25) is 4.79 Å². The van der Waals surface area contributed by atoms with Crippen LogP contribution in [0.4, 0.5) is 0 Å². The first-order valence-corrected chi connectivity index (χ1v) is 5.61. The third-order valence-electron chi connectivity index (χ3n) is 2.78. The van der Waals surface area contributed by atoms with Crippen LogP contribution >= 0.6 is 0 Å². The molecule has 16 heavy (non-hydrogen) atoms. The Morgan fingerprint density at radius 1 is 1.38 bits per heavy atom. The molecule has 1 unspecified atom stereocenters. The molecule has 0 heterocycles. The fourth-order valence-corrected chi connectivity index (χ4v) is 1.92. The van der Waals surface area contributed by atoms with Gasteiger partial charge in [-0.25, -0.2) is 0 Å². The van der Waals surface area contributed by atoms with Gasteiger partial charge in [0.15, 0.2) is 5.78 Å². The Balaban J connectivity index is 3.09. The Labute approximate surface area is 96.9 Å². The average molecular weight is 215 g/mol. The standard InChI is InChI=1S/C14H17NO/c1-4-6-12(9-15)14(16)13-10(2)7-5-8-11(13)3/h5,7-8,12H,4,6H2,1-3H3. The second-order valence-electron chi connectivity index (χ2n) is 4.10. The van der Waals surface area contributed by atoms with E-state index in [0.29, 0.717) is 6.42 Å². The first kappa shape index (κ1) is 12.4. The molecule has 1 rings (SSSR count). The van der Waals surface area contributed by atoms with Crippen LogP contribution in [0.3, 0.4) is 0 Å². The third-order valence-corrected chi connectivity index (χ3v) is 2.78. The highest BCUT2D eigenvalue weighted by Gasteiger charge is 2.21. The van der Waals surface area contributed by atoms with E-state index in [1.54, 1.807) is 0 Å². The molecule has 0 aromatic heterocycles. The van der Waals surface area contributed by atoms with E-state index < -0.39 is 5.92 Å². The van der Waals surface area contributed by atoms with Crippen molar-refractivity contribution in [2.75, 3.05) is 0 Å². The summed E-state index contributed by atoms with van der Waals surface area (Å²) >= 11 is 0. The van der Waals surface area contributed by atoms with E-state index in [9.17, 15) is 4.79 Å². The molecular formula is C14H17NO. The van der Waals surface area contributed by atoms with Crippen LogP contribution in [0.25, 0.3) is 0 Å². The molecule has 0 saturated heterocycles. The number of carbonyl (C=O) groups is 1. The third kappa shape index (κ3) is 2.49. The van der Waals surface area contributed by atoms with E-state index in [-0.39, 0.29) is 5.78 Å². The van der Waals surface area contributed by atoms with Crippen LogP contribution in [-0.4, -0.2) is 5.78 Å². The monoisotopic (exact) mass is 215 g/mol. The Hall–Kier alpha value is -1.62. The molecule has 1 aromatic rings. The van der Waals surface area contributed by atoms with E-state index in [0.717, 1.165) is 23.1 Å². The maximum absolute atomic E-state index is 12.2. The summed E-state index contributed by atoms with van der Waals surface area (Å²) in [6.07, 6.45) is 1.50. The summed E-state index contributed by atoms with van der Waals surface area (Å²) in [7, 11) is 0. The Kier molecular flexibility index (Phi) is 4.25. The molecule has 0 radical (unpaired) electrons. The van der Waals surface area contributed by atoms with Crippen molar-refractivity contribution < 1.29 is 4.79 Å². The number of nitriles is 1. The van der Waals surface area contributed by atoms with Crippen molar-refractivity contribution in [2.45, 2.75) is 33.6 Å². The van der Waals surface area contributed by atoms with Crippen molar-refractivity contribution in [1.82, 2.24) is 0 Å². The Morgan fingerprint density at radius 2 is 1.94 bits per heavy atom. The fourth-order valence-electron chi connectivity index (χ4n) is 1.92. The number of benzene rings is 1. The number of hydrogen-bond acceptors (Lipinski definition) is 2. The Morgan fingerprint density at radius 3 is 2.38 bits per heavy atom. The molecule has 84 valence electrons. The minimum atomic E-state index is -0.496. The summed E-state index contributed by atoms with van der Waals surface area (Å²) in [6.45, 7) is 5.82. The molecule has 0 saturated carbocycles. The van der Waals surface area contributed by atoms with Gasteiger partial charge in [-0.1, -0.05) is 31.5 Å². The van der Waals surface area contributed by atoms with E-state index in [1.807, 2.05) is 39.0 Å². The second kappa shape index (κ2) is 5.46. The lowest BCUT2D eigenvalue weighted by atomic mass is 9.90. The van der Waals surface area contributed by atoms with Gasteiger partial charge >= 0.3 is 0 Å². The first-order chi connectivity index (χ1) is 7.61. The average Bonchev–Trinajstić information content (AvgIpc) is 2.25. The molecule has 0 aliphatic rings. The maximum atomic E-state index is 12.2.